The summed E-state index contributed by atoms with van der Waals surface area (Å²) in [6.45, 7) is 3.85. The van der Waals surface area contributed by atoms with Gasteiger partial charge in [-0.3, -0.25) is 4.79 Å². The van der Waals surface area contributed by atoms with Gasteiger partial charge in [0.1, 0.15) is 5.69 Å². The molecule has 0 aliphatic carbocycles. The van der Waals surface area contributed by atoms with Crippen molar-refractivity contribution in [3.05, 3.63) is 89.2 Å². The van der Waals surface area contributed by atoms with Gasteiger partial charge in [0.15, 0.2) is 5.76 Å². The van der Waals surface area contributed by atoms with E-state index in [4.69, 9.17) is 9.15 Å². The van der Waals surface area contributed by atoms with E-state index in [0.717, 1.165) is 22.0 Å². The van der Waals surface area contributed by atoms with Crippen LogP contribution in [0.15, 0.2) is 71.1 Å². The molecule has 4 aromatic rings. The zero-order chi connectivity index (χ0) is 22.0. The highest BCUT2D eigenvalue weighted by Gasteiger charge is 2.19. The van der Waals surface area contributed by atoms with Gasteiger partial charge in [-0.2, -0.15) is 0 Å². The first kappa shape index (κ1) is 20.3. The van der Waals surface area contributed by atoms with Crippen LogP contribution in [0.2, 0.25) is 0 Å². The molecule has 2 heterocycles. The van der Waals surface area contributed by atoms with Crippen molar-refractivity contribution >= 4 is 22.8 Å². The Morgan fingerprint density at radius 2 is 1.77 bits per heavy atom. The van der Waals surface area contributed by atoms with Gasteiger partial charge in [0.2, 0.25) is 5.76 Å². The second-order valence-electron chi connectivity index (χ2n) is 7.28. The van der Waals surface area contributed by atoms with Crippen LogP contribution in [-0.2, 0) is 4.74 Å². The Bertz CT molecular complexity index is 1280. The number of ether oxygens (including phenoxy) is 1. The predicted octanol–water partition coefficient (Wildman–Crippen LogP) is 5.08. The van der Waals surface area contributed by atoms with Gasteiger partial charge >= 0.3 is 5.97 Å². The molecule has 6 nitrogen and oxygen atoms in total. The van der Waals surface area contributed by atoms with Crippen LogP contribution in [0.25, 0.3) is 22.4 Å². The number of nitrogens with one attached hydrogen (secondary N) is 1. The smallest absolute Gasteiger partial charge is 0.373 e. The van der Waals surface area contributed by atoms with Crippen molar-refractivity contribution in [1.29, 1.82) is 0 Å². The van der Waals surface area contributed by atoms with E-state index in [1.807, 2.05) is 68.4 Å². The monoisotopic (exact) mass is 414 g/mol. The second-order valence-corrected chi connectivity index (χ2v) is 7.28. The minimum atomic E-state index is -0.550. The number of aryl methyl sites for hydroxylation is 1. The SMILES string of the molecule is COC(=O)c1ccc(-c2cc(C(C)NC(=O)c3ccccc3C)c3ccccc3n2)o1. The molecule has 1 amide bonds. The van der Waals surface area contributed by atoms with Crippen molar-refractivity contribution < 1.29 is 18.7 Å². The van der Waals surface area contributed by atoms with Crippen molar-refractivity contribution in [3.63, 3.8) is 0 Å². The summed E-state index contributed by atoms with van der Waals surface area (Å²) < 4.78 is 10.4. The number of carbonyl (C=O) groups is 2. The number of furan rings is 1. The highest BCUT2D eigenvalue weighted by Crippen LogP contribution is 2.30. The average Bonchev–Trinajstić information content (AvgIpc) is 3.28. The van der Waals surface area contributed by atoms with E-state index < -0.39 is 5.97 Å². The second kappa shape index (κ2) is 8.44. The Labute approximate surface area is 179 Å². The van der Waals surface area contributed by atoms with Gasteiger partial charge in [-0.1, -0.05) is 36.4 Å². The van der Waals surface area contributed by atoms with Gasteiger partial charge in [-0.15, -0.1) is 0 Å². The Morgan fingerprint density at radius 3 is 2.55 bits per heavy atom. The van der Waals surface area contributed by atoms with Crippen molar-refractivity contribution in [2.45, 2.75) is 19.9 Å². The highest BCUT2D eigenvalue weighted by atomic mass is 16.5. The first-order valence-corrected chi connectivity index (χ1v) is 9.92. The van der Waals surface area contributed by atoms with Crippen molar-refractivity contribution in [3.8, 4) is 11.5 Å². The lowest BCUT2D eigenvalue weighted by Gasteiger charge is -2.18. The molecule has 1 unspecified atom stereocenters. The molecule has 0 fully saturated rings. The summed E-state index contributed by atoms with van der Waals surface area (Å²) in [7, 11) is 1.30. The van der Waals surface area contributed by atoms with Crippen LogP contribution in [0.5, 0.6) is 0 Å². The number of esters is 1. The third-order valence-corrected chi connectivity index (χ3v) is 5.20. The number of para-hydroxylation sites is 1. The van der Waals surface area contributed by atoms with Crippen LogP contribution >= 0.6 is 0 Å². The summed E-state index contributed by atoms with van der Waals surface area (Å²) in [5, 5.41) is 4.02. The summed E-state index contributed by atoms with van der Waals surface area (Å²) in [4.78, 5) is 29.3. The number of fused-ring (bicyclic) bond motifs is 1. The maximum absolute atomic E-state index is 12.9. The summed E-state index contributed by atoms with van der Waals surface area (Å²) in [5.41, 5.74) is 3.79. The molecule has 0 spiro atoms. The number of rotatable bonds is 5. The molecule has 1 atom stereocenters. The molecule has 0 saturated carbocycles. The molecule has 2 aromatic heterocycles. The molecule has 0 saturated heterocycles. The maximum atomic E-state index is 12.9. The first-order chi connectivity index (χ1) is 15.0. The van der Waals surface area contributed by atoms with Crippen molar-refractivity contribution in [2.24, 2.45) is 0 Å². The van der Waals surface area contributed by atoms with Crippen LogP contribution < -0.4 is 5.32 Å². The molecule has 0 aliphatic heterocycles. The minimum absolute atomic E-state index is 0.106. The molecular formula is C25H22N2O4. The molecule has 156 valence electrons. The normalized spacial score (nSPS) is 11.8. The molecule has 31 heavy (non-hydrogen) atoms. The number of methoxy groups -OCH3 is 1. The number of pyridine rings is 1. The number of benzene rings is 2. The Kier molecular flexibility index (Phi) is 5.54. The van der Waals surface area contributed by atoms with Gasteiger partial charge < -0.3 is 14.5 Å². The number of nitrogens with zero attached hydrogens (tertiary/aromatic N) is 1. The van der Waals surface area contributed by atoms with E-state index in [-0.39, 0.29) is 17.7 Å². The standard InChI is InChI=1S/C25H22N2O4/c1-15-8-4-5-9-17(15)24(28)26-16(2)19-14-21(27-20-11-7-6-10-18(19)20)22-12-13-23(31-22)25(29)30-3/h4-14,16H,1-3H3,(H,26,28). The lowest BCUT2D eigenvalue weighted by atomic mass is 10.0. The Balaban J connectivity index is 1.73. The zero-order valence-corrected chi connectivity index (χ0v) is 17.5. The summed E-state index contributed by atoms with van der Waals surface area (Å²) in [5.74, 6) is -0.134. The average molecular weight is 414 g/mol. The lowest BCUT2D eigenvalue weighted by Crippen LogP contribution is -2.27. The third kappa shape index (κ3) is 4.05. The van der Waals surface area contributed by atoms with Gasteiger partial charge in [-0.05, 0) is 55.3 Å². The third-order valence-electron chi connectivity index (χ3n) is 5.20. The summed E-state index contributed by atoms with van der Waals surface area (Å²) in [6, 6.07) is 20.0. The number of hydrogen-bond acceptors (Lipinski definition) is 5. The van der Waals surface area contributed by atoms with E-state index in [2.05, 4.69) is 10.3 Å². The van der Waals surface area contributed by atoms with Crippen LogP contribution in [-0.4, -0.2) is 24.0 Å². The number of hydrogen-bond donors (Lipinski definition) is 1. The topological polar surface area (TPSA) is 81.4 Å². The molecule has 1 N–H and O–H groups in total. The zero-order valence-electron chi connectivity index (χ0n) is 17.5. The highest BCUT2D eigenvalue weighted by molar-refractivity contribution is 5.96. The van der Waals surface area contributed by atoms with E-state index in [0.29, 0.717) is 17.0 Å². The molecule has 0 radical (unpaired) electrons. The van der Waals surface area contributed by atoms with Crippen LogP contribution in [0.3, 0.4) is 0 Å². The number of amides is 1. The Morgan fingerprint density at radius 1 is 1.03 bits per heavy atom. The van der Waals surface area contributed by atoms with Crippen molar-refractivity contribution in [2.75, 3.05) is 7.11 Å². The predicted molar refractivity (Wildman–Crippen MR) is 118 cm³/mol. The lowest BCUT2D eigenvalue weighted by molar-refractivity contribution is 0.0566. The Hall–Kier alpha value is -3.93. The van der Waals surface area contributed by atoms with Gasteiger partial charge in [0, 0.05) is 10.9 Å². The molecule has 0 aliphatic rings. The van der Waals surface area contributed by atoms with E-state index >= 15 is 0 Å². The summed E-state index contributed by atoms with van der Waals surface area (Å²) >= 11 is 0. The van der Waals surface area contributed by atoms with Gasteiger partial charge in [0.25, 0.3) is 5.91 Å². The largest absolute Gasteiger partial charge is 0.463 e. The fraction of sp³-hybridized carbons (Fsp3) is 0.160. The fourth-order valence-electron chi connectivity index (χ4n) is 3.55. The number of aromatic nitrogens is 1. The minimum Gasteiger partial charge on any atom is -0.463 e. The van der Waals surface area contributed by atoms with E-state index in [1.54, 1.807) is 12.1 Å². The molecule has 4 rings (SSSR count). The molecule has 2 aromatic carbocycles. The summed E-state index contributed by atoms with van der Waals surface area (Å²) in [6.07, 6.45) is 0. The number of carbonyl (C=O) groups excluding carboxylic acids is 2. The van der Waals surface area contributed by atoms with Gasteiger partial charge in [0.05, 0.1) is 18.7 Å². The molecule has 0 bridgehead atoms. The van der Waals surface area contributed by atoms with Crippen LogP contribution in [0.1, 0.15) is 45.0 Å². The molecular weight excluding hydrogens is 392 g/mol. The quantitative estimate of drug-likeness (QED) is 0.461. The first-order valence-electron chi connectivity index (χ1n) is 9.92. The van der Waals surface area contributed by atoms with Crippen LogP contribution in [0.4, 0.5) is 0 Å². The fourth-order valence-corrected chi connectivity index (χ4v) is 3.55. The van der Waals surface area contributed by atoms with Crippen LogP contribution in [0, 0.1) is 6.92 Å². The van der Waals surface area contributed by atoms with Crippen molar-refractivity contribution in [1.82, 2.24) is 10.3 Å². The van der Waals surface area contributed by atoms with E-state index in [9.17, 15) is 9.59 Å². The maximum Gasteiger partial charge on any atom is 0.373 e. The molecule has 6 heteroatoms. The van der Waals surface area contributed by atoms with E-state index in [1.165, 1.54) is 7.11 Å². The van der Waals surface area contributed by atoms with Gasteiger partial charge in [-0.25, -0.2) is 9.78 Å².